The van der Waals surface area contributed by atoms with Gasteiger partial charge in [0.25, 0.3) is 0 Å². The highest BCUT2D eigenvalue weighted by atomic mass is 16.5. The van der Waals surface area contributed by atoms with Gasteiger partial charge in [0.05, 0.1) is 29.4 Å². The monoisotopic (exact) mass is 311 g/mol. The molecule has 0 spiro atoms. The van der Waals surface area contributed by atoms with Gasteiger partial charge < -0.3 is 9.64 Å². The van der Waals surface area contributed by atoms with Gasteiger partial charge >= 0.3 is 0 Å². The molecule has 2 heterocycles. The maximum Gasteiger partial charge on any atom is 0.228 e. The van der Waals surface area contributed by atoms with Crippen molar-refractivity contribution in [3.05, 3.63) is 35.2 Å². The quantitative estimate of drug-likeness (QED) is 0.744. The summed E-state index contributed by atoms with van der Waals surface area (Å²) in [5.41, 5.74) is 5.20. The molecule has 6 heteroatoms. The van der Waals surface area contributed by atoms with Crippen LogP contribution < -0.4 is 9.64 Å². The van der Waals surface area contributed by atoms with E-state index in [9.17, 15) is 0 Å². The number of benzene rings is 1. The van der Waals surface area contributed by atoms with Gasteiger partial charge in [0.1, 0.15) is 0 Å². The first-order valence-electron chi connectivity index (χ1n) is 7.48. The topological polar surface area (TPSA) is 56.1 Å². The van der Waals surface area contributed by atoms with Crippen LogP contribution in [0.3, 0.4) is 0 Å². The van der Waals surface area contributed by atoms with Crippen molar-refractivity contribution in [2.45, 2.75) is 20.8 Å². The zero-order chi connectivity index (χ0) is 16.7. The third kappa shape index (κ3) is 2.50. The maximum absolute atomic E-state index is 5.41. The van der Waals surface area contributed by atoms with Gasteiger partial charge in [-0.2, -0.15) is 10.1 Å². The average Bonchev–Trinajstić information content (AvgIpc) is 2.80. The van der Waals surface area contributed by atoms with Crippen molar-refractivity contribution in [3.8, 4) is 11.6 Å². The van der Waals surface area contributed by atoms with Crippen LogP contribution in [0.4, 0.5) is 5.95 Å². The van der Waals surface area contributed by atoms with Gasteiger partial charge in [-0.25, -0.2) is 9.67 Å². The molecule has 0 amide bonds. The molecule has 3 aromatic rings. The van der Waals surface area contributed by atoms with E-state index >= 15 is 0 Å². The lowest BCUT2D eigenvalue weighted by atomic mass is 10.2. The van der Waals surface area contributed by atoms with Gasteiger partial charge in [0.15, 0.2) is 0 Å². The van der Waals surface area contributed by atoms with Gasteiger partial charge in [-0.3, -0.25) is 0 Å². The second-order valence-corrected chi connectivity index (χ2v) is 5.84. The molecule has 0 saturated carbocycles. The van der Waals surface area contributed by atoms with E-state index < -0.39 is 0 Å². The molecular weight excluding hydrogens is 290 g/mol. The molecular formula is C17H21N5O. The average molecular weight is 311 g/mol. The zero-order valence-electron chi connectivity index (χ0n) is 14.4. The fourth-order valence-corrected chi connectivity index (χ4v) is 2.54. The summed E-state index contributed by atoms with van der Waals surface area (Å²) in [7, 11) is 5.45. The minimum absolute atomic E-state index is 0.579. The minimum Gasteiger partial charge on any atom is -0.480 e. The summed E-state index contributed by atoms with van der Waals surface area (Å²) in [6.07, 6.45) is 0. The molecule has 0 aliphatic rings. The Labute approximate surface area is 135 Å². The van der Waals surface area contributed by atoms with Gasteiger partial charge in [-0.05, 0) is 44.5 Å². The highest BCUT2D eigenvalue weighted by Crippen LogP contribution is 2.27. The van der Waals surface area contributed by atoms with Gasteiger partial charge in [0, 0.05) is 19.8 Å². The van der Waals surface area contributed by atoms with E-state index in [2.05, 4.69) is 28.9 Å². The number of fused-ring (bicyclic) bond motifs is 1. The van der Waals surface area contributed by atoms with Crippen molar-refractivity contribution in [1.29, 1.82) is 0 Å². The van der Waals surface area contributed by atoms with Crippen LogP contribution in [-0.4, -0.2) is 41.0 Å². The largest absolute Gasteiger partial charge is 0.480 e. The van der Waals surface area contributed by atoms with Crippen LogP contribution >= 0.6 is 0 Å². The van der Waals surface area contributed by atoms with Crippen LogP contribution in [0, 0.1) is 20.8 Å². The number of hydrogen-bond donors (Lipinski definition) is 0. The number of methoxy groups -OCH3 is 1. The number of nitrogens with zero attached hydrogens (tertiary/aromatic N) is 5. The smallest absolute Gasteiger partial charge is 0.228 e. The highest BCUT2D eigenvalue weighted by Gasteiger charge is 2.13. The van der Waals surface area contributed by atoms with Crippen molar-refractivity contribution >= 4 is 16.9 Å². The molecule has 0 aliphatic carbocycles. The SMILES string of the molecule is COc1nc(N(C)C)nc2cc(-n3nc(C)c(C)c3C)ccc12. The van der Waals surface area contributed by atoms with E-state index in [4.69, 9.17) is 4.74 Å². The molecule has 6 nitrogen and oxygen atoms in total. The van der Waals surface area contributed by atoms with E-state index in [0.29, 0.717) is 11.8 Å². The number of hydrogen-bond acceptors (Lipinski definition) is 5. The minimum atomic E-state index is 0.579. The third-order valence-corrected chi connectivity index (χ3v) is 4.12. The second kappa shape index (κ2) is 5.53. The van der Waals surface area contributed by atoms with Crippen LogP contribution in [0.2, 0.25) is 0 Å². The van der Waals surface area contributed by atoms with Gasteiger partial charge in [-0.1, -0.05) is 0 Å². The summed E-state index contributed by atoms with van der Waals surface area (Å²) < 4.78 is 7.36. The van der Waals surface area contributed by atoms with E-state index in [1.807, 2.05) is 48.8 Å². The van der Waals surface area contributed by atoms with Crippen molar-refractivity contribution in [1.82, 2.24) is 19.7 Å². The van der Waals surface area contributed by atoms with Crippen molar-refractivity contribution < 1.29 is 4.74 Å². The van der Waals surface area contributed by atoms with E-state index in [-0.39, 0.29) is 0 Å². The molecule has 0 aliphatic heterocycles. The van der Waals surface area contributed by atoms with E-state index in [1.54, 1.807) is 7.11 Å². The van der Waals surface area contributed by atoms with E-state index in [0.717, 1.165) is 28.0 Å². The summed E-state index contributed by atoms with van der Waals surface area (Å²) in [6.45, 7) is 6.19. The molecule has 0 fully saturated rings. The molecule has 120 valence electrons. The van der Waals surface area contributed by atoms with Crippen LogP contribution in [0.25, 0.3) is 16.6 Å². The lowest BCUT2D eigenvalue weighted by molar-refractivity contribution is 0.403. The molecule has 0 bridgehead atoms. The molecule has 0 N–H and O–H groups in total. The number of aromatic nitrogens is 4. The summed E-state index contributed by atoms with van der Waals surface area (Å²) in [5, 5.41) is 5.51. The van der Waals surface area contributed by atoms with Crippen molar-refractivity contribution in [3.63, 3.8) is 0 Å². The first kappa shape index (κ1) is 15.3. The van der Waals surface area contributed by atoms with Crippen molar-refractivity contribution in [2.24, 2.45) is 0 Å². The summed E-state index contributed by atoms with van der Waals surface area (Å²) in [6, 6.07) is 6.02. The predicted molar refractivity (Wildman–Crippen MR) is 91.8 cm³/mol. The summed E-state index contributed by atoms with van der Waals surface area (Å²) >= 11 is 0. The summed E-state index contributed by atoms with van der Waals surface area (Å²) in [4.78, 5) is 10.9. The van der Waals surface area contributed by atoms with E-state index in [1.165, 1.54) is 5.56 Å². The molecule has 0 unspecified atom stereocenters. The Morgan fingerprint density at radius 1 is 1.09 bits per heavy atom. The van der Waals surface area contributed by atoms with Crippen LogP contribution in [-0.2, 0) is 0 Å². The molecule has 0 saturated heterocycles. The third-order valence-electron chi connectivity index (χ3n) is 4.12. The molecule has 2 aromatic heterocycles. The number of ether oxygens (including phenoxy) is 1. The Hall–Kier alpha value is -2.63. The molecule has 3 rings (SSSR count). The fraction of sp³-hybridized carbons (Fsp3) is 0.353. The zero-order valence-corrected chi connectivity index (χ0v) is 14.4. The highest BCUT2D eigenvalue weighted by molar-refractivity contribution is 5.86. The normalized spacial score (nSPS) is 11.0. The maximum atomic E-state index is 5.41. The Balaban J connectivity index is 2.23. The summed E-state index contributed by atoms with van der Waals surface area (Å²) in [5.74, 6) is 1.20. The number of rotatable bonds is 3. The van der Waals surface area contributed by atoms with Crippen LogP contribution in [0.5, 0.6) is 5.88 Å². The lowest BCUT2D eigenvalue weighted by Crippen LogP contribution is -2.13. The van der Waals surface area contributed by atoms with Crippen LogP contribution in [0.1, 0.15) is 17.0 Å². The van der Waals surface area contributed by atoms with Gasteiger partial charge in [-0.15, -0.1) is 0 Å². The first-order valence-corrected chi connectivity index (χ1v) is 7.48. The Bertz CT molecular complexity index is 882. The van der Waals surface area contributed by atoms with Gasteiger partial charge in [0.2, 0.25) is 11.8 Å². The second-order valence-electron chi connectivity index (χ2n) is 5.84. The molecule has 23 heavy (non-hydrogen) atoms. The number of aryl methyl sites for hydroxylation is 1. The standard InChI is InChI=1S/C17H21N5O/c1-10-11(2)20-22(12(10)3)13-7-8-14-15(9-13)18-17(21(4)5)19-16(14)23-6/h7-9H,1-6H3. The molecule has 0 radical (unpaired) electrons. The fourth-order valence-electron chi connectivity index (χ4n) is 2.54. The lowest BCUT2D eigenvalue weighted by Gasteiger charge is -2.14. The van der Waals surface area contributed by atoms with Crippen molar-refractivity contribution in [2.75, 3.05) is 26.1 Å². The molecule has 1 aromatic carbocycles. The first-order chi connectivity index (χ1) is 10.9. The van der Waals surface area contributed by atoms with Crippen LogP contribution in [0.15, 0.2) is 18.2 Å². The predicted octanol–water partition coefficient (Wildman–Crippen LogP) is 2.82. The Morgan fingerprint density at radius 3 is 2.39 bits per heavy atom. The number of anilines is 1. The Morgan fingerprint density at radius 2 is 1.83 bits per heavy atom. The molecule has 0 atom stereocenters. The Kier molecular flexibility index (Phi) is 3.67.